The minimum atomic E-state index is -0.263. The number of rotatable bonds is 34. The van der Waals surface area contributed by atoms with Gasteiger partial charge in [-0.2, -0.15) is 0 Å². The first-order valence-electron chi connectivity index (χ1n) is 37.2. The standard InChI is InChI=1S/C86H105N9O7/c1-14-20-43-97-71-50-64-65(51-72(71)98-44-21-15-2)81-91-79(64)89-77-62-40-39-61(87-85(96)60(11)36-29-35-57(8)32-27-26-31-56(7)33-28-34-58(9)38-41-70-59(10)37-30-42-86(70,12)13)49-63(62)78(88-77)90-80-66-52-73(99-45-22-16-3)74(100-46-23-17-4)53-67(66)82(92-80)94-84-69-55-76(102-48-25-19-6)75(101-47-24-18-5)54-68(69)83(93-81)95-84/h26-29,31-36,38-41,49-55H,14-25,30,37,42-48H2,1-13H3,(H,87,96)(H2,88,89,90,91,92,93,94,95)/b27-26+,33-28+,35-29+,41-38+,56-31+,57-32+,58-34+,60-36+. The van der Waals surface area contributed by atoms with Crippen molar-refractivity contribution >= 4 is 55.7 Å². The summed E-state index contributed by atoms with van der Waals surface area (Å²) >= 11 is 0. The third-order valence-corrected chi connectivity index (χ3v) is 18.5. The topological polar surface area (TPSA) is 193 Å². The largest absolute Gasteiger partial charge is 0.490 e. The molecular weight excluding hydrogens is 1270 g/mol. The van der Waals surface area contributed by atoms with Crippen molar-refractivity contribution in [3.63, 3.8) is 0 Å². The molecule has 4 aromatic carbocycles. The maximum Gasteiger partial charge on any atom is 0.251 e. The number of hydrogen-bond acceptors (Lipinski definition) is 13. The number of H-pyrrole nitrogens is 2. The number of nitrogens with one attached hydrogen (secondary N) is 3. The Hall–Kier alpha value is -9.83. The van der Waals surface area contributed by atoms with Gasteiger partial charge < -0.3 is 43.7 Å². The van der Waals surface area contributed by atoms with Gasteiger partial charge >= 0.3 is 0 Å². The molecule has 0 saturated heterocycles. The highest BCUT2D eigenvalue weighted by Crippen LogP contribution is 2.46. The van der Waals surface area contributed by atoms with E-state index in [0.29, 0.717) is 159 Å². The molecule has 16 nitrogen and oxygen atoms in total. The molecule has 3 aromatic heterocycles. The zero-order valence-corrected chi connectivity index (χ0v) is 62.5. The van der Waals surface area contributed by atoms with Gasteiger partial charge in [-0.1, -0.05) is 189 Å². The van der Waals surface area contributed by atoms with Crippen molar-refractivity contribution in [3.05, 3.63) is 161 Å². The summed E-state index contributed by atoms with van der Waals surface area (Å²) in [7, 11) is 0. The fourth-order valence-electron chi connectivity index (χ4n) is 12.3. The highest BCUT2D eigenvalue weighted by molar-refractivity contribution is 6.10. The summed E-state index contributed by atoms with van der Waals surface area (Å²) < 4.78 is 39.3. The van der Waals surface area contributed by atoms with Crippen molar-refractivity contribution in [2.24, 2.45) is 5.41 Å². The van der Waals surface area contributed by atoms with Crippen LogP contribution in [0.4, 0.5) is 5.69 Å². The van der Waals surface area contributed by atoms with E-state index in [1.54, 1.807) is 6.92 Å². The number of hydrogen-bond donors (Lipinski definition) is 3. The third kappa shape index (κ3) is 19.0. The van der Waals surface area contributed by atoms with Gasteiger partial charge in [0.25, 0.3) is 5.91 Å². The monoisotopic (exact) mass is 1380 g/mol. The average Bonchev–Trinajstić information content (AvgIpc) is 1.59. The van der Waals surface area contributed by atoms with Gasteiger partial charge in [-0.25, -0.2) is 29.9 Å². The number of aromatic amines is 2. The number of aromatic nitrogens is 8. The van der Waals surface area contributed by atoms with Crippen molar-refractivity contribution in [1.29, 1.82) is 0 Å². The van der Waals surface area contributed by atoms with Crippen LogP contribution in [0, 0.1) is 5.41 Å². The molecule has 8 bridgehead atoms. The predicted octanol–water partition coefficient (Wildman–Crippen LogP) is 22.4. The van der Waals surface area contributed by atoms with Crippen LogP contribution < -0.4 is 33.7 Å². The average molecular weight is 1380 g/mol. The van der Waals surface area contributed by atoms with E-state index in [-0.39, 0.29) is 11.3 Å². The van der Waals surface area contributed by atoms with Crippen LogP contribution in [-0.2, 0) is 4.79 Å². The Morgan fingerprint density at radius 1 is 0.451 bits per heavy atom. The van der Waals surface area contributed by atoms with Crippen LogP contribution in [0.15, 0.2) is 161 Å². The summed E-state index contributed by atoms with van der Waals surface area (Å²) in [6.07, 6.45) is 39.5. The lowest BCUT2D eigenvalue weighted by atomic mass is 9.72. The van der Waals surface area contributed by atoms with E-state index in [1.165, 1.54) is 36.0 Å². The molecule has 16 heteroatoms. The number of carbonyl (C=O) groups is 1. The van der Waals surface area contributed by atoms with Crippen molar-refractivity contribution in [2.75, 3.05) is 45.0 Å². The first kappa shape index (κ1) is 74.8. The highest BCUT2D eigenvalue weighted by atomic mass is 16.5. The van der Waals surface area contributed by atoms with Crippen LogP contribution in [0.25, 0.3) is 89.7 Å². The lowest BCUT2D eigenvalue weighted by Gasteiger charge is -2.32. The number of allylic oxidation sites excluding steroid dienone is 17. The van der Waals surface area contributed by atoms with Crippen LogP contribution in [-0.4, -0.2) is 85.4 Å². The highest BCUT2D eigenvalue weighted by Gasteiger charge is 2.29. The molecule has 1 amide bonds. The Morgan fingerprint density at radius 2 is 0.804 bits per heavy atom. The Labute approximate surface area is 603 Å². The van der Waals surface area contributed by atoms with E-state index in [1.807, 2.05) is 98.0 Å². The Kier molecular flexibility index (Phi) is 26.5. The van der Waals surface area contributed by atoms with Gasteiger partial charge in [0.15, 0.2) is 57.8 Å². The molecule has 102 heavy (non-hydrogen) atoms. The molecule has 0 fully saturated rings. The van der Waals surface area contributed by atoms with Gasteiger partial charge in [0.05, 0.1) is 39.6 Å². The smallest absolute Gasteiger partial charge is 0.251 e. The summed E-state index contributed by atoms with van der Waals surface area (Å²) in [4.78, 5) is 53.7. The van der Waals surface area contributed by atoms with E-state index in [9.17, 15) is 4.79 Å². The van der Waals surface area contributed by atoms with Gasteiger partial charge in [0.2, 0.25) is 0 Å². The maximum absolute atomic E-state index is 14.2. The Balaban J connectivity index is 1.07. The summed E-state index contributed by atoms with van der Waals surface area (Å²) in [5.41, 5.74) is 12.3. The van der Waals surface area contributed by atoms with E-state index in [0.717, 1.165) is 104 Å². The molecule has 1 aliphatic carbocycles. The third-order valence-electron chi connectivity index (χ3n) is 18.5. The number of nitrogens with zero attached hydrogens (tertiary/aromatic N) is 6. The first-order chi connectivity index (χ1) is 49.5. The van der Waals surface area contributed by atoms with Crippen molar-refractivity contribution < 1.29 is 33.2 Å². The summed E-state index contributed by atoms with van der Waals surface area (Å²) in [6.45, 7) is 30.9. The van der Waals surface area contributed by atoms with Gasteiger partial charge in [0, 0.05) is 55.1 Å². The molecule has 7 aromatic rings. The Bertz CT molecular complexity index is 4630. The van der Waals surface area contributed by atoms with Gasteiger partial charge in [0.1, 0.15) is 22.6 Å². The SMILES string of the molecule is CCCCOc1cc2c(cc1OCCCC)-c1nc-2nc2[nH]c(nc3nc(nc4[nH]c(n1)c1cc(OCCCC)c(OCCCC)cc41)-c1cc(OCCCC)c(OCCCC)cc1-3)c1cc(NC(=O)/C(C)=C/C=C/C(C)=C/C=C/C=C(C)/C=C/C=C(C)/C=C/C3=C(C)CCCC3(C)C)ccc21. The van der Waals surface area contributed by atoms with E-state index >= 15 is 0 Å². The molecule has 0 radical (unpaired) electrons. The number of benzene rings is 4. The summed E-state index contributed by atoms with van der Waals surface area (Å²) in [5, 5.41) is 6.04. The van der Waals surface area contributed by atoms with Crippen LogP contribution in [0.5, 0.6) is 34.5 Å². The lowest BCUT2D eigenvalue weighted by Crippen LogP contribution is -2.19. The van der Waals surface area contributed by atoms with Crippen molar-refractivity contribution in [3.8, 4) is 80.0 Å². The van der Waals surface area contributed by atoms with E-state index in [4.69, 9.17) is 58.3 Å². The van der Waals surface area contributed by atoms with Crippen LogP contribution >= 0.6 is 0 Å². The van der Waals surface area contributed by atoms with Crippen molar-refractivity contribution in [1.82, 2.24) is 39.9 Å². The first-order valence-corrected chi connectivity index (χ1v) is 37.2. The fraction of sp³-hybridized carbons (Fsp3) is 0.407. The van der Waals surface area contributed by atoms with E-state index in [2.05, 4.69) is 128 Å². The molecule has 536 valence electrons. The number of ether oxygens (including phenoxy) is 6. The quantitative estimate of drug-likeness (QED) is 0.0196. The lowest BCUT2D eigenvalue weighted by molar-refractivity contribution is -0.112. The molecule has 3 N–H and O–H groups in total. The van der Waals surface area contributed by atoms with Gasteiger partial charge in [-0.05, 0) is 158 Å². The van der Waals surface area contributed by atoms with Gasteiger partial charge in [-0.15, -0.1) is 0 Å². The summed E-state index contributed by atoms with van der Waals surface area (Å²) in [5.74, 6) is 4.86. The van der Waals surface area contributed by atoms with E-state index < -0.39 is 0 Å². The fourth-order valence-corrected chi connectivity index (χ4v) is 12.3. The molecule has 0 saturated carbocycles. The Morgan fingerprint density at radius 3 is 1.20 bits per heavy atom. The van der Waals surface area contributed by atoms with Crippen molar-refractivity contribution in [2.45, 2.75) is 186 Å². The van der Waals surface area contributed by atoms with Crippen LogP contribution in [0.1, 0.15) is 186 Å². The predicted molar refractivity (Wildman–Crippen MR) is 419 cm³/mol. The number of anilines is 1. The second kappa shape index (κ2) is 36.2. The molecule has 10 rings (SSSR count). The minimum absolute atomic E-state index is 0.224. The number of amides is 1. The number of fused-ring (bicyclic) bond motifs is 20. The molecular formula is C86H105N9O7. The molecule has 0 unspecified atom stereocenters. The van der Waals surface area contributed by atoms with Gasteiger partial charge in [-0.3, -0.25) is 4.79 Å². The number of unbranched alkanes of at least 4 members (excludes halogenated alkanes) is 6. The number of carbonyl (C=O) groups excluding carboxylic acids is 1. The maximum atomic E-state index is 14.2. The zero-order chi connectivity index (χ0) is 72.1. The second-order valence-corrected chi connectivity index (χ2v) is 27.5. The van der Waals surface area contributed by atoms with Crippen LogP contribution in [0.2, 0.25) is 0 Å². The summed E-state index contributed by atoms with van der Waals surface area (Å²) in [6, 6.07) is 17.6. The molecule has 0 spiro atoms. The molecule has 0 atom stereocenters. The molecule has 5 heterocycles. The molecule has 2 aliphatic heterocycles. The normalized spacial score (nSPS) is 14.3. The zero-order valence-electron chi connectivity index (χ0n) is 62.5. The second-order valence-electron chi connectivity index (χ2n) is 27.5. The minimum Gasteiger partial charge on any atom is -0.490 e. The van der Waals surface area contributed by atoms with Crippen LogP contribution in [0.3, 0.4) is 0 Å². The molecule has 3 aliphatic rings.